The number of rotatable bonds is 12. The van der Waals surface area contributed by atoms with E-state index in [4.69, 9.17) is 9.26 Å². The van der Waals surface area contributed by atoms with Crippen molar-refractivity contribution >= 4 is 23.3 Å². The molecule has 3 aliphatic rings. The number of ether oxygens (including phenoxy) is 1. The maximum absolute atomic E-state index is 15.0. The number of anilines is 1. The zero-order valence-corrected chi connectivity index (χ0v) is 26.0. The van der Waals surface area contributed by atoms with E-state index in [0.717, 1.165) is 62.8 Å². The number of piperidine rings is 1. The van der Waals surface area contributed by atoms with Crippen LogP contribution in [0.25, 0.3) is 5.57 Å². The third kappa shape index (κ3) is 7.85. The lowest BCUT2D eigenvalue weighted by molar-refractivity contribution is -0.131. The van der Waals surface area contributed by atoms with Crippen LogP contribution in [-0.2, 0) is 9.59 Å². The van der Waals surface area contributed by atoms with Crippen molar-refractivity contribution in [3.8, 4) is 11.8 Å². The molecule has 1 aromatic carbocycles. The molecule has 9 nitrogen and oxygen atoms in total. The summed E-state index contributed by atoms with van der Waals surface area (Å²) in [5, 5.41) is 13.2. The number of likely N-dealkylation sites (tertiary alicyclic amines) is 1. The van der Waals surface area contributed by atoms with Crippen LogP contribution in [0.1, 0.15) is 102 Å². The van der Waals surface area contributed by atoms with E-state index in [1.54, 1.807) is 17.0 Å². The van der Waals surface area contributed by atoms with Crippen LogP contribution in [-0.4, -0.2) is 59.0 Å². The first kappa shape index (κ1) is 31.7. The van der Waals surface area contributed by atoms with Gasteiger partial charge in [0.05, 0.1) is 12.7 Å². The number of amides is 1. The number of carbonyl (C=O) groups is 2. The van der Waals surface area contributed by atoms with Crippen LogP contribution >= 0.6 is 0 Å². The first-order valence-electron chi connectivity index (χ1n) is 16.2. The summed E-state index contributed by atoms with van der Waals surface area (Å²) in [6.07, 6.45) is 9.89. The molecule has 1 aromatic heterocycles. The number of unbranched alkanes of at least 4 members (excludes halogenated alkanes) is 1. The Morgan fingerprint density at radius 1 is 1.14 bits per heavy atom. The van der Waals surface area contributed by atoms with Gasteiger partial charge in [0.1, 0.15) is 11.8 Å². The highest BCUT2D eigenvalue weighted by Gasteiger charge is 2.28. The van der Waals surface area contributed by atoms with Gasteiger partial charge in [-0.15, -0.1) is 0 Å². The summed E-state index contributed by atoms with van der Waals surface area (Å²) in [5.41, 5.74) is 1.90. The standard InChI is InChI=1S/C34H44FN5O4/c1-23(2)33-37-34(44-38-33)39-18-15-24(16-19-39)22-43-31-14-13-27(20-29(31)35)25-9-11-26(12-10-25)30(41)7-3-4-8-32(42)40-17-5-6-28(40)21-36/h9,13-14,20,23-24,26,28H,3-8,10-12,15-19,22H2,1-2H3. The van der Waals surface area contributed by atoms with E-state index in [1.165, 1.54) is 0 Å². The molecule has 2 unspecified atom stereocenters. The Kier molecular flexibility index (Phi) is 10.7. The number of benzene rings is 1. The first-order chi connectivity index (χ1) is 21.3. The lowest BCUT2D eigenvalue weighted by Gasteiger charge is -2.30. The Hall–Kier alpha value is -3.74. The van der Waals surface area contributed by atoms with E-state index in [1.807, 2.05) is 19.9 Å². The van der Waals surface area contributed by atoms with E-state index in [9.17, 15) is 14.9 Å². The fraction of sp³-hybridized carbons (Fsp3) is 0.618. The van der Waals surface area contributed by atoms with E-state index in [2.05, 4.69) is 27.2 Å². The molecule has 2 aliphatic heterocycles. The number of halogens is 1. The van der Waals surface area contributed by atoms with Crippen LogP contribution in [0, 0.1) is 29.0 Å². The number of carbonyl (C=O) groups excluding carboxylic acids is 2. The van der Waals surface area contributed by atoms with Crippen molar-refractivity contribution in [1.29, 1.82) is 5.26 Å². The van der Waals surface area contributed by atoms with Crippen molar-refractivity contribution in [3.05, 3.63) is 41.5 Å². The predicted molar refractivity (Wildman–Crippen MR) is 164 cm³/mol. The second-order valence-electron chi connectivity index (χ2n) is 12.7. The molecule has 0 spiro atoms. The molecule has 0 saturated carbocycles. The summed E-state index contributed by atoms with van der Waals surface area (Å²) in [4.78, 5) is 33.5. The molecule has 2 fully saturated rings. The Morgan fingerprint density at radius 3 is 2.61 bits per heavy atom. The normalized spacial score (nSPS) is 20.9. The van der Waals surface area contributed by atoms with Crippen molar-refractivity contribution in [3.63, 3.8) is 0 Å². The van der Waals surface area contributed by atoms with Gasteiger partial charge in [-0.3, -0.25) is 9.59 Å². The second kappa shape index (κ2) is 14.8. The van der Waals surface area contributed by atoms with Gasteiger partial charge < -0.3 is 19.1 Å². The van der Waals surface area contributed by atoms with Crippen LogP contribution in [0.3, 0.4) is 0 Å². The van der Waals surface area contributed by atoms with E-state index in [0.29, 0.717) is 63.0 Å². The fourth-order valence-electron chi connectivity index (χ4n) is 6.42. The molecule has 10 heteroatoms. The number of ketones is 1. The summed E-state index contributed by atoms with van der Waals surface area (Å²) >= 11 is 0. The molecule has 5 rings (SSSR count). The maximum atomic E-state index is 15.0. The molecule has 2 saturated heterocycles. The van der Waals surface area contributed by atoms with Gasteiger partial charge in [0.2, 0.25) is 5.91 Å². The van der Waals surface area contributed by atoms with Crippen molar-refractivity contribution in [2.45, 2.75) is 96.4 Å². The van der Waals surface area contributed by atoms with Gasteiger partial charge in [-0.05, 0) is 87.0 Å². The molecule has 2 aromatic rings. The summed E-state index contributed by atoms with van der Waals surface area (Å²) < 4.78 is 26.3. The molecular formula is C34H44FN5O4. The highest BCUT2D eigenvalue weighted by atomic mass is 19.1. The van der Waals surface area contributed by atoms with Crippen molar-refractivity contribution in [1.82, 2.24) is 15.0 Å². The van der Waals surface area contributed by atoms with Gasteiger partial charge in [0.25, 0.3) is 0 Å². The highest BCUT2D eigenvalue weighted by Crippen LogP contribution is 2.34. The monoisotopic (exact) mass is 605 g/mol. The van der Waals surface area contributed by atoms with Crippen molar-refractivity contribution < 1.29 is 23.2 Å². The van der Waals surface area contributed by atoms with E-state index >= 15 is 4.39 Å². The predicted octanol–water partition coefficient (Wildman–Crippen LogP) is 6.46. The minimum atomic E-state index is -0.365. The van der Waals surface area contributed by atoms with E-state index in [-0.39, 0.29) is 41.1 Å². The molecule has 1 aliphatic carbocycles. The molecule has 1 amide bonds. The summed E-state index contributed by atoms with van der Waals surface area (Å²) in [7, 11) is 0. The smallest absolute Gasteiger partial charge is 0.324 e. The fourth-order valence-corrected chi connectivity index (χ4v) is 6.42. The average Bonchev–Trinajstić information content (AvgIpc) is 3.73. The Labute approximate surface area is 259 Å². The molecular weight excluding hydrogens is 561 g/mol. The highest BCUT2D eigenvalue weighted by molar-refractivity contribution is 5.83. The third-order valence-corrected chi connectivity index (χ3v) is 9.26. The Morgan fingerprint density at radius 2 is 1.93 bits per heavy atom. The van der Waals surface area contributed by atoms with Crippen molar-refractivity contribution in [2.24, 2.45) is 11.8 Å². The first-order valence-corrected chi connectivity index (χ1v) is 16.2. The molecule has 0 N–H and O–H groups in total. The molecule has 236 valence electrons. The number of Topliss-reactive ketones (excluding diaryl/α,β-unsaturated/α-hetero) is 1. The number of hydrogen-bond acceptors (Lipinski definition) is 8. The number of nitrogens with zero attached hydrogens (tertiary/aromatic N) is 5. The van der Waals surface area contributed by atoms with Crippen LogP contribution in [0.15, 0.2) is 28.8 Å². The summed E-state index contributed by atoms with van der Waals surface area (Å²) in [6.45, 7) is 6.80. The van der Waals surface area contributed by atoms with Crippen LogP contribution in [0.4, 0.5) is 10.4 Å². The minimum Gasteiger partial charge on any atom is -0.490 e. The number of hydrogen-bond donors (Lipinski definition) is 0. The molecule has 44 heavy (non-hydrogen) atoms. The van der Waals surface area contributed by atoms with Gasteiger partial charge in [-0.1, -0.05) is 31.1 Å². The molecule has 0 bridgehead atoms. The minimum absolute atomic E-state index is 0.0213. The Balaban J connectivity index is 1.02. The topological polar surface area (TPSA) is 113 Å². The quantitative estimate of drug-likeness (QED) is 0.254. The zero-order chi connectivity index (χ0) is 31.1. The molecule has 2 atom stereocenters. The maximum Gasteiger partial charge on any atom is 0.324 e. The Bertz CT molecular complexity index is 1370. The van der Waals surface area contributed by atoms with Gasteiger partial charge in [-0.25, -0.2) is 4.39 Å². The zero-order valence-electron chi connectivity index (χ0n) is 26.0. The number of allylic oxidation sites excluding steroid dienone is 2. The van der Waals surface area contributed by atoms with E-state index < -0.39 is 0 Å². The SMILES string of the molecule is CC(C)c1noc(N2CCC(COc3ccc(C4=CCC(C(=O)CCCCC(=O)N5CCCC5C#N)CC4)cc3F)CC2)n1. The molecule has 0 radical (unpaired) electrons. The van der Waals surface area contributed by atoms with Gasteiger partial charge in [0, 0.05) is 44.3 Å². The summed E-state index contributed by atoms with van der Waals surface area (Å²) in [6, 6.07) is 7.65. The van der Waals surface area contributed by atoms with Gasteiger partial charge in [0.15, 0.2) is 17.4 Å². The number of nitriles is 1. The van der Waals surface area contributed by atoms with Crippen LogP contribution in [0.5, 0.6) is 5.75 Å². The average molecular weight is 606 g/mol. The molecule has 3 heterocycles. The second-order valence-corrected chi connectivity index (χ2v) is 12.7. The lowest BCUT2D eigenvalue weighted by atomic mass is 9.83. The van der Waals surface area contributed by atoms with Gasteiger partial charge in [-0.2, -0.15) is 10.2 Å². The lowest BCUT2D eigenvalue weighted by Crippen LogP contribution is -2.35. The van der Waals surface area contributed by atoms with Crippen LogP contribution < -0.4 is 9.64 Å². The largest absolute Gasteiger partial charge is 0.490 e. The number of aromatic nitrogens is 2. The van der Waals surface area contributed by atoms with Gasteiger partial charge >= 0.3 is 6.01 Å². The van der Waals surface area contributed by atoms with Crippen LogP contribution in [0.2, 0.25) is 0 Å². The summed E-state index contributed by atoms with van der Waals surface area (Å²) in [5.74, 6) is 1.41. The third-order valence-electron chi connectivity index (χ3n) is 9.26. The van der Waals surface area contributed by atoms with Crippen molar-refractivity contribution in [2.75, 3.05) is 31.1 Å².